The summed E-state index contributed by atoms with van der Waals surface area (Å²) in [5, 5.41) is 13.8. The molecular formula is C28H36ClN3O4. The molecule has 3 aromatic rings. The van der Waals surface area contributed by atoms with Crippen molar-refractivity contribution >= 4 is 28.6 Å². The van der Waals surface area contributed by atoms with Crippen LogP contribution in [0.2, 0.25) is 5.02 Å². The van der Waals surface area contributed by atoms with E-state index in [1.807, 2.05) is 49.4 Å². The van der Waals surface area contributed by atoms with Gasteiger partial charge in [0.05, 0.1) is 19.8 Å². The quantitative estimate of drug-likeness (QED) is 0.280. The highest BCUT2D eigenvalue weighted by molar-refractivity contribution is 6.31. The molecule has 0 saturated carbocycles. The summed E-state index contributed by atoms with van der Waals surface area (Å²) in [6, 6.07) is 13.6. The Kier molecular flexibility index (Phi) is 9.50. The predicted octanol–water partition coefficient (Wildman–Crippen LogP) is 5.45. The van der Waals surface area contributed by atoms with Gasteiger partial charge in [0.25, 0.3) is 0 Å². The third kappa shape index (κ3) is 6.33. The summed E-state index contributed by atoms with van der Waals surface area (Å²) in [5.74, 6) is 0.825. The number of nitrogens with one attached hydrogen (secondary N) is 2. The number of aliphatic hydroxyl groups is 1. The molecule has 1 unspecified atom stereocenters. The number of nitrogens with zero attached hydrogens (tertiary/aromatic N) is 1. The number of aliphatic hydroxyl groups excluding tert-OH is 1. The second kappa shape index (κ2) is 13.0. The van der Waals surface area contributed by atoms with Crippen LogP contribution in [0.5, 0.6) is 5.75 Å². The number of carbonyl (C=O) groups is 1. The molecule has 0 aliphatic carbocycles. The number of carbonyl (C=O) groups excluding carboxylic acids is 1. The van der Waals surface area contributed by atoms with E-state index in [9.17, 15) is 4.79 Å². The van der Waals surface area contributed by atoms with Crippen molar-refractivity contribution in [3.05, 3.63) is 64.3 Å². The molecule has 194 valence electrons. The summed E-state index contributed by atoms with van der Waals surface area (Å²) in [5.41, 5.74) is 4.23. The lowest BCUT2D eigenvalue weighted by atomic mass is 9.92. The second-order valence-corrected chi connectivity index (χ2v) is 9.49. The fourth-order valence-corrected chi connectivity index (χ4v) is 5.03. The van der Waals surface area contributed by atoms with Crippen LogP contribution in [0.25, 0.3) is 10.9 Å². The zero-order valence-corrected chi connectivity index (χ0v) is 21.7. The number of hydrogen-bond donors (Lipinski definition) is 3. The maximum atomic E-state index is 12.9. The summed E-state index contributed by atoms with van der Waals surface area (Å²) in [7, 11) is 0. The normalized spacial score (nSPS) is 15.2. The molecule has 0 fully saturated rings. The predicted molar refractivity (Wildman–Crippen MR) is 143 cm³/mol. The maximum Gasteiger partial charge on any atom is 0.410 e. The van der Waals surface area contributed by atoms with Crippen LogP contribution < -0.4 is 10.1 Å². The van der Waals surface area contributed by atoms with Gasteiger partial charge in [0.1, 0.15) is 11.8 Å². The highest BCUT2D eigenvalue weighted by atomic mass is 35.5. The first kappa shape index (κ1) is 26.3. The van der Waals surface area contributed by atoms with Crippen LogP contribution >= 0.6 is 11.6 Å². The number of aromatic amines is 1. The van der Waals surface area contributed by atoms with Gasteiger partial charge in [-0.3, -0.25) is 4.90 Å². The third-order valence-electron chi connectivity index (χ3n) is 6.59. The number of benzene rings is 2. The first-order chi connectivity index (χ1) is 17.6. The lowest BCUT2D eigenvalue weighted by molar-refractivity contribution is 0.0932. The monoisotopic (exact) mass is 513 g/mol. The van der Waals surface area contributed by atoms with E-state index in [0.29, 0.717) is 31.3 Å². The number of hydrogen-bond acceptors (Lipinski definition) is 5. The van der Waals surface area contributed by atoms with Gasteiger partial charge in [-0.1, -0.05) is 36.6 Å². The van der Waals surface area contributed by atoms with Gasteiger partial charge in [-0.15, -0.1) is 0 Å². The van der Waals surface area contributed by atoms with Crippen molar-refractivity contribution in [2.75, 3.05) is 39.5 Å². The van der Waals surface area contributed by atoms with Gasteiger partial charge in [0.15, 0.2) is 0 Å². The van der Waals surface area contributed by atoms with Crippen LogP contribution in [0.1, 0.15) is 55.5 Å². The van der Waals surface area contributed by atoms with Crippen molar-refractivity contribution in [1.82, 2.24) is 15.2 Å². The Morgan fingerprint density at radius 1 is 1.14 bits per heavy atom. The van der Waals surface area contributed by atoms with Crippen LogP contribution in [-0.4, -0.2) is 60.5 Å². The molecule has 0 radical (unpaired) electrons. The molecule has 7 nitrogen and oxygen atoms in total. The minimum Gasteiger partial charge on any atom is -0.494 e. The summed E-state index contributed by atoms with van der Waals surface area (Å²) in [6.07, 6.45) is 4.80. The van der Waals surface area contributed by atoms with E-state index in [4.69, 9.17) is 26.2 Å². The zero-order valence-electron chi connectivity index (χ0n) is 20.9. The van der Waals surface area contributed by atoms with Gasteiger partial charge in [0.2, 0.25) is 0 Å². The molecule has 36 heavy (non-hydrogen) atoms. The van der Waals surface area contributed by atoms with Gasteiger partial charge in [-0.05, 0) is 74.2 Å². The molecule has 1 aliphatic rings. The lowest BCUT2D eigenvalue weighted by Crippen LogP contribution is -2.40. The average molecular weight is 514 g/mol. The van der Waals surface area contributed by atoms with Crippen molar-refractivity contribution in [2.24, 2.45) is 0 Å². The molecule has 2 heterocycles. The number of halogens is 1. The standard InChI is InChI=1S/C28H36ClN3O4/c1-2-35-28(34)32-16-13-23-24-19-21(29)9-12-25(24)31-26(23)27(32)20-7-10-22(11-8-20)36-18-6-4-3-5-14-30-15-17-33/h7-12,19,27,30-31,33H,2-6,13-18H2,1H3. The Morgan fingerprint density at radius 3 is 2.72 bits per heavy atom. The maximum absolute atomic E-state index is 12.9. The second-order valence-electron chi connectivity index (χ2n) is 9.06. The smallest absolute Gasteiger partial charge is 0.410 e. The number of fused-ring (bicyclic) bond motifs is 3. The molecule has 3 N–H and O–H groups in total. The molecule has 0 spiro atoms. The SMILES string of the molecule is CCOC(=O)N1CCc2c([nH]c3ccc(Cl)cc23)C1c1ccc(OCCCCCCNCCO)cc1. The van der Waals surface area contributed by atoms with Gasteiger partial charge in [-0.25, -0.2) is 4.79 Å². The van der Waals surface area contributed by atoms with E-state index < -0.39 is 0 Å². The zero-order chi connectivity index (χ0) is 25.3. The highest BCUT2D eigenvalue weighted by Crippen LogP contribution is 2.39. The van der Waals surface area contributed by atoms with E-state index >= 15 is 0 Å². The van der Waals surface area contributed by atoms with Gasteiger partial charge in [-0.2, -0.15) is 0 Å². The summed E-state index contributed by atoms with van der Waals surface area (Å²) >= 11 is 6.28. The van der Waals surface area contributed by atoms with E-state index in [-0.39, 0.29) is 18.7 Å². The molecule has 1 aliphatic heterocycles. The Hall–Kier alpha value is -2.74. The molecule has 0 saturated heterocycles. The molecular weight excluding hydrogens is 478 g/mol. The molecule has 0 bridgehead atoms. The molecule has 1 amide bonds. The Balaban J connectivity index is 1.43. The van der Waals surface area contributed by atoms with Crippen molar-refractivity contribution in [2.45, 2.75) is 45.1 Å². The Labute approximate surface area is 217 Å². The number of aromatic nitrogens is 1. The van der Waals surface area contributed by atoms with Crippen LogP contribution in [0, 0.1) is 0 Å². The number of unbranched alkanes of at least 4 members (excludes halogenated alkanes) is 3. The summed E-state index contributed by atoms with van der Waals surface area (Å²) < 4.78 is 11.4. The molecule has 2 aromatic carbocycles. The summed E-state index contributed by atoms with van der Waals surface area (Å²) in [4.78, 5) is 18.2. The van der Waals surface area contributed by atoms with Gasteiger partial charge >= 0.3 is 6.09 Å². The van der Waals surface area contributed by atoms with Crippen LogP contribution in [0.3, 0.4) is 0 Å². The first-order valence-electron chi connectivity index (χ1n) is 12.9. The molecule has 1 atom stereocenters. The highest BCUT2D eigenvalue weighted by Gasteiger charge is 2.35. The first-order valence-corrected chi connectivity index (χ1v) is 13.3. The van der Waals surface area contributed by atoms with Gasteiger partial charge in [0, 0.05) is 34.7 Å². The Bertz CT molecular complexity index is 1130. The fraction of sp³-hybridized carbons (Fsp3) is 0.464. The summed E-state index contributed by atoms with van der Waals surface area (Å²) in [6.45, 7) is 5.20. The molecule has 8 heteroatoms. The van der Waals surface area contributed by atoms with Crippen molar-refractivity contribution in [3.8, 4) is 5.75 Å². The number of ether oxygens (including phenoxy) is 2. The minimum atomic E-state index is -0.309. The number of rotatable bonds is 12. The largest absolute Gasteiger partial charge is 0.494 e. The topological polar surface area (TPSA) is 86.8 Å². The average Bonchev–Trinajstić information content (AvgIpc) is 3.25. The van der Waals surface area contributed by atoms with E-state index in [1.165, 1.54) is 5.56 Å². The Morgan fingerprint density at radius 2 is 1.94 bits per heavy atom. The number of H-pyrrole nitrogens is 1. The van der Waals surface area contributed by atoms with Crippen LogP contribution in [0.4, 0.5) is 4.79 Å². The van der Waals surface area contributed by atoms with Crippen molar-refractivity contribution in [1.29, 1.82) is 0 Å². The van der Waals surface area contributed by atoms with Crippen molar-refractivity contribution < 1.29 is 19.4 Å². The minimum absolute atomic E-state index is 0.187. The fourth-order valence-electron chi connectivity index (χ4n) is 4.86. The van der Waals surface area contributed by atoms with Crippen LogP contribution in [-0.2, 0) is 11.2 Å². The van der Waals surface area contributed by atoms with E-state index in [0.717, 1.165) is 66.6 Å². The third-order valence-corrected chi connectivity index (χ3v) is 6.83. The van der Waals surface area contributed by atoms with Gasteiger partial charge < -0.3 is 24.9 Å². The number of amides is 1. The molecule has 1 aromatic heterocycles. The van der Waals surface area contributed by atoms with E-state index in [2.05, 4.69) is 10.3 Å². The van der Waals surface area contributed by atoms with Crippen molar-refractivity contribution in [3.63, 3.8) is 0 Å². The van der Waals surface area contributed by atoms with Crippen LogP contribution in [0.15, 0.2) is 42.5 Å². The van der Waals surface area contributed by atoms with E-state index in [1.54, 1.807) is 4.90 Å². The molecule has 4 rings (SSSR count). The lowest BCUT2D eigenvalue weighted by Gasteiger charge is -2.35.